The largest absolute Gasteiger partial charge is 0.497 e. The molecular weight excluding hydrogens is 334 g/mol. The van der Waals surface area contributed by atoms with Gasteiger partial charge in [-0.1, -0.05) is 18.2 Å². The van der Waals surface area contributed by atoms with E-state index in [4.69, 9.17) is 25.7 Å². The lowest BCUT2D eigenvalue weighted by molar-refractivity contribution is 0.174. The highest BCUT2D eigenvalue weighted by atomic mass is 16.7. The third-order valence-electron chi connectivity index (χ3n) is 3.69. The molecule has 0 spiro atoms. The van der Waals surface area contributed by atoms with Crippen LogP contribution in [-0.2, 0) is 13.1 Å². The molecule has 0 amide bonds. The van der Waals surface area contributed by atoms with Gasteiger partial charge in [0, 0.05) is 6.54 Å². The van der Waals surface area contributed by atoms with Crippen LogP contribution in [0.4, 0.5) is 0 Å². The number of nitrogens with zero attached hydrogens (tertiary/aromatic N) is 2. The molecule has 1 heterocycles. The van der Waals surface area contributed by atoms with Crippen molar-refractivity contribution in [3.63, 3.8) is 0 Å². The maximum Gasteiger partial charge on any atom is 0.231 e. The number of ether oxygens (including phenoxy) is 3. The minimum atomic E-state index is -0.0586. The van der Waals surface area contributed by atoms with Gasteiger partial charge in [-0.15, -0.1) is 0 Å². The molecule has 2 aromatic rings. The monoisotopic (exact) mass is 355 g/mol. The molecule has 5 N–H and O–H groups in total. The topological polar surface area (TPSA) is 116 Å². The fourth-order valence-electron chi connectivity index (χ4n) is 2.38. The predicted octanol–water partition coefficient (Wildman–Crippen LogP) is 1.34. The molecule has 0 saturated carbocycles. The zero-order valence-corrected chi connectivity index (χ0v) is 14.4. The molecule has 26 heavy (non-hydrogen) atoms. The number of hydrogen-bond acceptors (Lipinski definition) is 4. The third kappa shape index (κ3) is 4.56. The number of benzene rings is 2. The number of rotatable bonds is 5. The van der Waals surface area contributed by atoms with Crippen molar-refractivity contribution in [2.24, 2.45) is 21.5 Å². The summed E-state index contributed by atoms with van der Waals surface area (Å²) in [4.78, 5) is 8.49. The van der Waals surface area contributed by atoms with Crippen LogP contribution in [0.3, 0.4) is 0 Å². The van der Waals surface area contributed by atoms with Crippen molar-refractivity contribution in [3.05, 3.63) is 53.6 Å². The van der Waals surface area contributed by atoms with Crippen molar-refractivity contribution in [3.8, 4) is 17.2 Å². The van der Waals surface area contributed by atoms with Gasteiger partial charge in [0.05, 0.1) is 13.7 Å². The lowest BCUT2D eigenvalue weighted by atomic mass is 10.2. The van der Waals surface area contributed by atoms with Crippen LogP contribution in [0, 0.1) is 0 Å². The smallest absolute Gasteiger partial charge is 0.231 e. The number of aliphatic imine (C=N–C) groups is 2. The van der Waals surface area contributed by atoms with Gasteiger partial charge >= 0.3 is 0 Å². The first-order chi connectivity index (χ1) is 12.6. The Bertz CT molecular complexity index is 814. The van der Waals surface area contributed by atoms with Gasteiger partial charge in [0.1, 0.15) is 5.75 Å². The van der Waals surface area contributed by atoms with Gasteiger partial charge < -0.3 is 31.0 Å². The molecule has 1 aliphatic heterocycles. The Labute approximate surface area is 151 Å². The normalized spacial score (nSPS) is 12.6. The standard InChI is InChI=1S/C18H21N5O3/c1-24-14-5-2-12(3-6-14)9-21-18(23-17(19)20)22-10-13-4-7-15-16(8-13)26-11-25-15/h2-8H,9-11H2,1H3,(H5,19,20,21,22,23). The Morgan fingerprint density at radius 3 is 2.54 bits per heavy atom. The highest BCUT2D eigenvalue weighted by molar-refractivity contribution is 5.93. The molecule has 0 bridgehead atoms. The SMILES string of the molecule is COc1ccc(CNC(N=C(N)N)=NCc2ccc3c(c2)OCO3)cc1. The van der Waals surface area contributed by atoms with E-state index < -0.39 is 0 Å². The van der Waals surface area contributed by atoms with Crippen molar-refractivity contribution in [1.82, 2.24) is 5.32 Å². The van der Waals surface area contributed by atoms with Crippen molar-refractivity contribution in [1.29, 1.82) is 0 Å². The van der Waals surface area contributed by atoms with Gasteiger partial charge in [0.25, 0.3) is 0 Å². The number of nitrogens with two attached hydrogens (primary N) is 2. The fraction of sp³-hybridized carbons (Fsp3) is 0.222. The molecule has 8 nitrogen and oxygen atoms in total. The molecule has 1 aliphatic rings. The molecule has 0 atom stereocenters. The van der Waals surface area contributed by atoms with E-state index in [1.54, 1.807) is 7.11 Å². The van der Waals surface area contributed by atoms with Crippen molar-refractivity contribution < 1.29 is 14.2 Å². The van der Waals surface area contributed by atoms with Gasteiger partial charge in [-0.25, -0.2) is 4.99 Å². The van der Waals surface area contributed by atoms with Gasteiger partial charge in [-0.3, -0.25) is 0 Å². The van der Waals surface area contributed by atoms with E-state index in [1.165, 1.54) is 0 Å². The van der Waals surface area contributed by atoms with E-state index in [9.17, 15) is 0 Å². The summed E-state index contributed by atoms with van der Waals surface area (Å²) in [5, 5.41) is 3.13. The second-order valence-electron chi connectivity index (χ2n) is 5.57. The summed E-state index contributed by atoms with van der Waals surface area (Å²) < 4.78 is 15.8. The second-order valence-corrected chi connectivity index (χ2v) is 5.57. The molecule has 0 saturated heterocycles. The zero-order chi connectivity index (χ0) is 18.4. The second kappa shape index (κ2) is 8.11. The summed E-state index contributed by atoms with van der Waals surface area (Å²) in [6, 6.07) is 13.4. The minimum absolute atomic E-state index is 0.0586. The third-order valence-corrected chi connectivity index (χ3v) is 3.69. The zero-order valence-electron chi connectivity index (χ0n) is 14.4. The molecule has 2 aromatic carbocycles. The molecule has 8 heteroatoms. The van der Waals surface area contributed by atoms with E-state index in [-0.39, 0.29) is 12.8 Å². The van der Waals surface area contributed by atoms with Crippen LogP contribution in [0.25, 0.3) is 0 Å². The van der Waals surface area contributed by atoms with Crippen molar-refractivity contribution >= 4 is 11.9 Å². The molecule has 0 aromatic heterocycles. The number of nitrogens with one attached hydrogen (secondary N) is 1. The highest BCUT2D eigenvalue weighted by Gasteiger charge is 2.13. The van der Waals surface area contributed by atoms with E-state index in [0.717, 1.165) is 22.6 Å². The minimum Gasteiger partial charge on any atom is -0.497 e. The summed E-state index contributed by atoms with van der Waals surface area (Å²) >= 11 is 0. The van der Waals surface area contributed by atoms with Gasteiger partial charge in [0.2, 0.25) is 12.8 Å². The molecule has 136 valence electrons. The Kier molecular flexibility index (Phi) is 5.43. The fourth-order valence-corrected chi connectivity index (χ4v) is 2.38. The Morgan fingerprint density at radius 1 is 1.08 bits per heavy atom. The van der Waals surface area contributed by atoms with Crippen molar-refractivity contribution in [2.75, 3.05) is 13.9 Å². The lowest BCUT2D eigenvalue weighted by Gasteiger charge is -2.08. The molecule has 0 radical (unpaired) electrons. The van der Waals surface area contributed by atoms with Crippen LogP contribution < -0.4 is 31.0 Å². The molecule has 0 aliphatic carbocycles. The summed E-state index contributed by atoms with van der Waals surface area (Å²) in [5.74, 6) is 2.55. The van der Waals surface area contributed by atoms with Gasteiger partial charge in [-0.2, -0.15) is 4.99 Å². The average molecular weight is 355 g/mol. The van der Waals surface area contributed by atoms with Crippen molar-refractivity contribution in [2.45, 2.75) is 13.1 Å². The molecule has 0 fully saturated rings. The summed E-state index contributed by atoms with van der Waals surface area (Å²) in [7, 11) is 1.63. The Morgan fingerprint density at radius 2 is 1.81 bits per heavy atom. The first kappa shape index (κ1) is 17.4. The molecule has 3 rings (SSSR count). The van der Waals surface area contributed by atoms with Crippen LogP contribution in [0.15, 0.2) is 52.4 Å². The van der Waals surface area contributed by atoms with Gasteiger partial charge in [-0.05, 0) is 35.4 Å². The predicted molar refractivity (Wildman–Crippen MR) is 99.3 cm³/mol. The average Bonchev–Trinajstić information content (AvgIpc) is 3.12. The number of guanidine groups is 2. The number of fused-ring (bicyclic) bond motifs is 1. The van der Waals surface area contributed by atoms with Crippen LogP contribution in [0.1, 0.15) is 11.1 Å². The van der Waals surface area contributed by atoms with E-state index >= 15 is 0 Å². The maximum absolute atomic E-state index is 5.50. The Hall–Kier alpha value is -3.42. The van der Waals surface area contributed by atoms with Crippen LogP contribution in [0.5, 0.6) is 17.2 Å². The highest BCUT2D eigenvalue weighted by Crippen LogP contribution is 2.32. The number of hydrogen-bond donors (Lipinski definition) is 3. The van der Waals surface area contributed by atoms with E-state index in [0.29, 0.717) is 24.8 Å². The lowest BCUT2D eigenvalue weighted by Crippen LogP contribution is -2.29. The molecular formula is C18H21N5O3. The number of methoxy groups -OCH3 is 1. The van der Waals surface area contributed by atoms with E-state index in [2.05, 4.69) is 15.3 Å². The van der Waals surface area contributed by atoms with Crippen LogP contribution in [0.2, 0.25) is 0 Å². The van der Waals surface area contributed by atoms with Crippen LogP contribution >= 0.6 is 0 Å². The van der Waals surface area contributed by atoms with E-state index in [1.807, 2.05) is 42.5 Å². The van der Waals surface area contributed by atoms with Gasteiger partial charge in [0.15, 0.2) is 17.5 Å². The first-order valence-corrected chi connectivity index (χ1v) is 8.03. The quantitative estimate of drug-likeness (QED) is 0.550. The maximum atomic E-state index is 5.50. The Balaban J connectivity index is 1.66. The summed E-state index contributed by atoms with van der Waals surface area (Å²) in [6.07, 6.45) is 0. The first-order valence-electron chi connectivity index (χ1n) is 8.03. The summed E-state index contributed by atoms with van der Waals surface area (Å²) in [5.41, 5.74) is 13.0. The summed E-state index contributed by atoms with van der Waals surface area (Å²) in [6.45, 7) is 1.17. The molecule has 0 unspecified atom stereocenters. The van der Waals surface area contributed by atoms with Crippen LogP contribution in [-0.4, -0.2) is 25.8 Å².